The summed E-state index contributed by atoms with van der Waals surface area (Å²) < 4.78 is 27.4. The number of thiol groups is 1. The summed E-state index contributed by atoms with van der Waals surface area (Å²) in [6.45, 7) is 0.420. The van der Waals surface area contributed by atoms with Gasteiger partial charge < -0.3 is 22.3 Å². The van der Waals surface area contributed by atoms with Gasteiger partial charge in [0, 0.05) is 12.3 Å². The molecule has 0 aromatic rings. The Kier molecular flexibility index (Phi) is 11.6. The fourth-order valence-corrected chi connectivity index (χ4v) is 1.68. The number of aliphatic carboxylic acids is 1. The van der Waals surface area contributed by atoms with Gasteiger partial charge in [-0.15, -0.1) is 0 Å². The van der Waals surface area contributed by atoms with E-state index in [0.29, 0.717) is 19.4 Å². The number of carboxylic acid groups (broad SMARTS) is 1. The van der Waals surface area contributed by atoms with Crippen molar-refractivity contribution in [1.29, 1.82) is 0 Å². The zero-order valence-corrected chi connectivity index (χ0v) is 12.0. The van der Waals surface area contributed by atoms with Crippen LogP contribution in [0.5, 0.6) is 0 Å². The monoisotopic (exact) mass is 316 g/mol. The Morgan fingerprint density at radius 2 is 1.89 bits per heavy atom. The Labute approximate surface area is 117 Å². The van der Waals surface area contributed by atoms with Crippen LogP contribution in [0.4, 0.5) is 0 Å². The summed E-state index contributed by atoms with van der Waals surface area (Å²) in [7, 11) is -3.75. The molecule has 1 atom stereocenters. The SMILES string of the molecule is NC(N)=NCCCC(N)C(=O)O.O=S(=O)(O)CCS. The standard InChI is InChI=1S/C6H14N4O2.C2H6O3S2/c7-4(5(11)12)2-1-3-10-6(8)9;3-7(4,5)2-1-6/h4H,1-3,7H2,(H,11,12)(H4,8,9,10);6H,1-2H2,(H,3,4,5). The van der Waals surface area contributed by atoms with Crippen molar-refractivity contribution in [3.63, 3.8) is 0 Å². The molecule has 114 valence electrons. The van der Waals surface area contributed by atoms with E-state index >= 15 is 0 Å². The molecule has 0 saturated carbocycles. The molecule has 0 amide bonds. The topological polar surface area (TPSA) is 182 Å². The minimum atomic E-state index is -3.75. The van der Waals surface area contributed by atoms with E-state index in [0.717, 1.165) is 0 Å². The van der Waals surface area contributed by atoms with Gasteiger partial charge in [-0.25, -0.2) is 0 Å². The van der Waals surface area contributed by atoms with Gasteiger partial charge in [0.15, 0.2) is 5.96 Å². The molecule has 0 aromatic heterocycles. The van der Waals surface area contributed by atoms with E-state index in [9.17, 15) is 13.2 Å². The Balaban J connectivity index is 0. The van der Waals surface area contributed by atoms with Crippen LogP contribution in [0.15, 0.2) is 4.99 Å². The van der Waals surface area contributed by atoms with Gasteiger partial charge in [-0.2, -0.15) is 21.0 Å². The van der Waals surface area contributed by atoms with E-state index < -0.39 is 22.1 Å². The van der Waals surface area contributed by atoms with E-state index in [1.165, 1.54) is 0 Å². The number of hydrogen-bond donors (Lipinski definition) is 6. The van der Waals surface area contributed by atoms with E-state index in [2.05, 4.69) is 17.6 Å². The van der Waals surface area contributed by atoms with Crippen molar-refractivity contribution in [2.75, 3.05) is 18.1 Å². The number of guanidine groups is 1. The molecule has 9 nitrogen and oxygen atoms in total. The van der Waals surface area contributed by atoms with Gasteiger partial charge in [0.25, 0.3) is 10.1 Å². The summed E-state index contributed by atoms with van der Waals surface area (Å²) in [6, 6.07) is -0.820. The number of nitrogens with two attached hydrogens (primary N) is 3. The van der Waals surface area contributed by atoms with Crippen molar-refractivity contribution in [1.82, 2.24) is 0 Å². The van der Waals surface area contributed by atoms with Crippen LogP contribution < -0.4 is 17.2 Å². The summed E-state index contributed by atoms with van der Waals surface area (Å²) in [5.41, 5.74) is 15.3. The highest BCUT2D eigenvalue weighted by Gasteiger charge is 2.09. The molecule has 0 rings (SSSR count). The van der Waals surface area contributed by atoms with Crippen LogP contribution in [0.2, 0.25) is 0 Å². The van der Waals surface area contributed by atoms with Crippen molar-refractivity contribution in [3.8, 4) is 0 Å². The molecule has 0 bridgehead atoms. The third-order valence-electron chi connectivity index (χ3n) is 1.63. The average Bonchev–Trinajstić information content (AvgIpc) is 2.22. The zero-order valence-electron chi connectivity index (χ0n) is 10.3. The largest absolute Gasteiger partial charge is 0.480 e. The minimum Gasteiger partial charge on any atom is -0.480 e. The lowest BCUT2D eigenvalue weighted by Crippen LogP contribution is -2.30. The molecule has 0 aliphatic heterocycles. The molecule has 0 heterocycles. The predicted octanol–water partition coefficient (Wildman–Crippen LogP) is -1.74. The Morgan fingerprint density at radius 1 is 1.37 bits per heavy atom. The molecule has 0 aromatic carbocycles. The third kappa shape index (κ3) is 19.5. The summed E-state index contributed by atoms with van der Waals surface area (Å²) in [5.74, 6) is -1.09. The molecule has 19 heavy (non-hydrogen) atoms. The van der Waals surface area contributed by atoms with Crippen LogP contribution >= 0.6 is 12.6 Å². The lowest BCUT2D eigenvalue weighted by molar-refractivity contribution is -0.138. The predicted molar refractivity (Wildman–Crippen MR) is 75.8 cm³/mol. The van der Waals surface area contributed by atoms with Gasteiger partial charge in [0.1, 0.15) is 6.04 Å². The Hall–Kier alpha value is -1.04. The van der Waals surface area contributed by atoms with Crippen LogP contribution in [-0.4, -0.2) is 54.1 Å². The number of aliphatic imine (C=N–C) groups is 1. The number of carboxylic acids is 1. The first-order valence-corrected chi connectivity index (χ1v) is 7.44. The van der Waals surface area contributed by atoms with Crippen LogP contribution in [0.3, 0.4) is 0 Å². The molecule has 0 saturated heterocycles. The second-order valence-corrected chi connectivity index (χ2v) is 5.42. The molecule has 0 spiro atoms. The highest BCUT2D eigenvalue weighted by atomic mass is 32.2. The molecule has 0 aliphatic carbocycles. The number of nitrogens with zero attached hydrogens (tertiary/aromatic N) is 1. The molecule has 0 fully saturated rings. The quantitative estimate of drug-likeness (QED) is 0.105. The molecule has 0 radical (unpaired) electrons. The number of carbonyl (C=O) groups is 1. The first-order valence-electron chi connectivity index (χ1n) is 5.20. The normalized spacial score (nSPS) is 11.9. The maximum absolute atomic E-state index is 10.2. The number of hydrogen-bond acceptors (Lipinski definition) is 6. The molecule has 1 unspecified atom stereocenters. The molecule has 11 heteroatoms. The van der Waals surface area contributed by atoms with Crippen LogP contribution in [0.25, 0.3) is 0 Å². The van der Waals surface area contributed by atoms with E-state index in [4.69, 9.17) is 26.9 Å². The highest BCUT2D eigenvalue weighted by molar-refractivity contribution is 7.87. The minimum absolute atomic E-state index is 0.0129. The maximum atomic E-state index is 10.2. The van der Waals surface area contributed by atoms with Crippen molar-refractivity contribution < 1.29 is 22.9 Å². The van der Waals surface area contributed by atoms with Crippen molar-refractivity contribution in [2.45, 2.75) is 18.9 Å². The molecule has 0 aliphatic rings. The second kappa shape index (κ2) is 10.8. The van der Waals surface area contributed by atoms with Gasteiger partial charge in [-0.3, -0.25) is 14.3 Å². The fraction of sp³-hybridized carbons (Fsp3) is 0.750. The highest BCUT2D eigenvalue weighted by Crippen LogP contribution is 1.94. The lowest BCUT2D eigenvalue weighted by atomic mass is 10.2. The summed E-state index contributed by atoms with van der Waals surface area (Å²) >= 11 is 3.57. The molecular weight excluding hydrogens is 296 g/mol. The average molecular weight is 316 g/mol. The van der Waals surface area contributed by atoms with E-state index in [1.807, 2.05) is 0 Å². The van der Waals surface area contributed by atoms with Crippen LogP contribution in [0, 0.1) is 0 Å². The van der Waals surface area contributed by atoms with Gasteiger partial charge in [0.2, 0.25) is 0 Å². The zero-order chi connectivity index (χ0) is 15.5. The van der Waals surface area contributed by atoms with Gasteiger partial charge in [0.05, 0.1) is 5.75 Å². The van der Waals surface area contributed by atoms with E-state index in [-0.39, 0.29) is 17.5 Å². The molecule has 8 N–H and O–H groups in total. The Morgan fingerprint density at radius 3 is 2.16 bits per heavy atom. The summed E-state index contributed by atoms with van der Waals surface area (Å²) in [5, 5.41) is 8.38. The van der Waals surface area contributed by atoms with Crippen molar-refractivity contribution >= 4 is 34.7 Å². The van der Waals surface area contributed by atoms with Gasteiger partial charge in [-0.05, 0) is 12.8 Å². The molecular formula is C8H20N4O5S2. The lowest BCUT2D eigenvalue weighted by Gasteiger charge is -2.03. The van der Waals surface area contributed by atoms with Crippen LogP contribution in [-0.2, 0) is 14.9 Å². The summed E-state index contributed by atoms with van der Waals surface area (Å²) in [4.78, 5) is 13.9. The smallest absolute Gasteiger partial charge is 0.320 e. The van der Waals surface area contributed by atoms with Gasteiger partial charge >= 0.3 is 5.97 Å². The summed E-state index contributed by atoms with van der Waals surface area (Å²) in [6.07, 6.45) is 0.956. The van der Waals surface area contributed by atoms with Gasteiger partial charge in [-0.1, -0.05) is 0 Å². The first kappa shape index (κ1) is 20.3. The van der Waals surface area contributed by atoms with Crippen molar-refractivity contribution in [2.24, 2.45) is 22.2 Å². The van der Waals surface area contributed by atoms with E-state index in [1.54, 1.807) is 0 Å². The first-order chi connectivity index (χ1) is 8.60. The van der Waals surface area contributed by atoms with Crippen LogP contribution in [0.1, 0.15) is 12.8 Å². The maximum Gasteiger partial charge on any atom is 0.320 e. The number of rotatable bonds is 7. The third-order valence-corrected chi connectivity index (χ3v) is 2.88. The van der Waals surface area contributed by atoms with Crippen molar-refractivity contribution in [3.05, 3.63) is 0 Å². The fourth-order valence-electron chi connectivity index (χ4n) is 0.758. The Bertz CT molecular complexity index is 381. The second-order valence-electron chi connectivity index (χ2n) is 3.40.